The molecule has 15 heavy (non-hydrogen) atoms. The van der Waals surface area contributed by atoms with Crippen LogP contribution in [-0.2, 0) is 6.54 Å². The number of aliphatic imine (C=N–C) groups is 1. The minimum absolute atomic E-state index is 0.156. The van der Waals surface area contributed by atoms with Crippen LogP contribution in [0.3, 0.4) is 0 Å². The van der Waals surface area contributed by atoms with Crippen LogP contribution in [0.25, 0.3) is 0 Å². The molecule has 0 atom stereocenters. The molecule has 1 fully saturated rings. The van der Waals surface area contributed by atoms with E-state index in [2.05, 4.69) is 29.3 Å². The first kappa shape index (κ1) is 10.5. The zero-order valence-electron chi connectivity index (χ0n) is 9.20. The molecule has 1 aromatic heterocycles. The van der Waals surface area contributed by atoms with Gasteiger partial charge in [-0.25, -0.2) is 0 Å². The maximum Gasteiger partial charge on any atom is 0.157 e. The summed E-state index contributed by atoms with van der Waals surface area (Å²) in [5.74, 6) is 1.89. The topological polar surface area (TPSA) is 50.4 Å². The van der Waals surface area contributed by atoms with Crippen molar-refractivity contribution in [2.24, 2.45) is 4.99 Å². The van der Waals surface area contributed by atoms with E-state index in [1.807, 2.05) is 13.0 Å². The summed E-state index contributed by atoms with van der Waals surface area (Å²) in [6.07, 6.45) is 0. The SMILES string of the molecule is Cc1cc(CN=C2NC(C)(C)CS2)no1. The summed E-state index contributed by atoms with van der Waals surface area (Å²) in [6, 6.07) is 1.91. The molecule has 82 valence electrons. The maximum atomic E-state index is 4.97. The number of hydrogen-bond acceptors (Lipinski definition) is 4. The predicted octanol–water partition coefficient (Wildman–Crippen LogP) is 1.95. The van der Waals surface area contributed by atoms with E-state index in [0.717, 1.165) is 22.4 Å². The van der Waals surface area contributed by atoms with Crippen LogP contribution in [-0.4, -0.2) is 21.6 Å². The van der Waals surface area contributed by atoms with Gasteiger partial charge in [-0.15, -0.1) is 0 Å². The minimum Gasteiger partial charge on any atom is -0.361 e. The standard InChI is InChI=1S/C10H15N3OS/c1-7-4-8(13-14-7)5-11-9-12-10(2,3)6-15-9/h4H,5-6H2,1-3H3,(H,11,12). The van der Waals surface area contributed by atoms with E-state index in [0.29, 0.717) is 6.54 Å². The molecule has 5 heteroatoms. The lowest BCUT2D eigenvalue weighted by molar-refractivity contribution is 0.391. The van der Waals surface area contributed by atoms with Gasteiger partial charge >= 0.3 is 0 Å². The number of amidine groups is 1. The molecule has 1 N–H and O–H groups in total. The van der Waals surface area contributed by atoms with Crippen molar-refractivity contribution in [3.8, 4) is 0 Å². The van der Waals surface area contributed by atoms with Crippen molar-refractivity contribution in [1.29, 1.82) is 0 Å². The van der Waals surface area contributed by atoms with Gasteiger partial charge in [0.2, 0.25) is 0 Å². The van der Waals surface area contributed by atoms with Gasteiger partial charge < -0.3 is 9.84 Å². The zero-order valence-corrected chi connectivity index (χ0v) is 10.0. The minimum atomic E-state index is 0.156. The second kappa shape index (κ2) is 3.89. The summed E-state index contributed by atoms with van der Waals surface area (Å²) in [5, 5.41) is 8.26. The van der Waals surface area contributed by atoms with E-state index in [-0.39, 0.29) is 5.54 Å². The number of aromatic nitrogens is 1. The lowest BCUT2D eigenvalue weighted by Gasteiger charge is -2.15. The lowest BCUT2D eigenvalue weighted by Crippen LogP contribution is -2.36. The molecular formula is C10H15N3OS. The van der Waals surface area contributed by atoms with Crippen LogP contribution in [0.1, 0.15) is 25.3 Å². The van der Waals surface area contributed by atoms with Gasteiger partial charge in [0.15, 0.2) is 5.17 Å². The van der Waals surface area contributed by atoms with Crippen LogP contribution in [0.5, 0.6) is 0 Å². The Balaban J connectivity index is 1.95. The van der Waals surface area contributed by atoms with Crippen LogP contribution < -0.4 is 5.32 Å². The third-order valence-electron chi connectivity index (χ3n) is 2.08. The molecule has 0 bridgehead atoms. The van der Waals surface area contributed by atoms with Crippen LogP contribution >= 0.6 is 11.8 Å². The fourth-order valence-corrected chi connectivity index (χ4v) is 2.41. The first-order valence-electron chi connectivity index (χ1n) is 4.93. The van der Waals surface area contributed by atoms with Gasteiger partial charge in [-0.3, -0.25) is 4.99 Å². The third kappa shape index (κ3) is 2.75. The average Bonchev–Trinajstić information content (AvgIpc) is 2.69. The molecule has 2 rings (SSSR count). The van der Waals surface area contributed by atoms with Crippen LogP contribution in [0.4, 0.5) is 0 Å². The highest BCUT2D eigenvalue weighted by Crippen LogP contribution is 2.22. The molecule has 0 unspecified atom stereocenters. The smallest absolute Gasteiger partial charge is 0.157 e. The highest BCUT2D eigenvalue weighted by Gasteiger charge is 2.27. The molecule has 0 radical (unpaired) electrons. The van der Waals surface area contributed by atoms with Crippen molar-refractivity contribution in [3.05, 3.63) is 17.5 Å². The van der Waals surface area contributed by atoms with Crippen molar-refractivity contribution >= 4 is 16.9 Å². The molecule has 0 aliphatic carbocycles. The second-order valence-electron chi connectivity index (χ2n) is 4.35. The van der Waals surface area contributed by atoms with Crippen molar-refractivity contribution in [2.45, 2.75) is 32.9 Å². The van der Waals surface area contributed by atoms with Crippen molar-refractivity contribution in [2.75, 3.05) is 5.75 Å². The first-order chi connectivity index (χ1) is 7.05. The number of thioether (sulfide) groups is 1. The molecule has 1 aliphatic rings. The van der Waals surface area contributed by atoms with Crippen LogP contribution in [0, 0.1) is 6.92 Å². The van der Waals surface area contributed by atoms with E-state index in [1.165, 1.54) is 0 Å². The Morgan fingerprint density at radius 3 is 3.00 bits per heavy atom. The Morgan fingerprint density at radius 1 is 1.67 bits per heavy atom. The molecule has 1 aliphatic heterocycles. The van der Waals surface area contributed by atoms with Gasteiger partial charge in [0.25, 0.3) is 0 Å². The Hall–Kier alpha value is -0.970. The molecule has 1 saturated heterocycles. The predicted molar refractivity (Wildman–Crippen MR) is 62.1 cm³/mol. The van der Waals surface area contributed by atoms with Gasteiger partial charge in [-0.1, -0.05) is 16.9 Å². The fourth-order valence-electron chi connectivity index (χ4n) is 1.34. The van der Waals surface area contributed by atoms with Crippen molar-refractivity contribution < 1.29 is 4.52 Å². The molecule has 0 aromatic carbocycles. The van der Waals surface area contributed by atoms with Gasteiger partial charge in [-0.05, 0) is 20.8 Å². The molecule has 0 saturated carbocycles. The number of aryl methyl sites for hydroxylation is 1. The van der Waals surface area contributed by atoms with Crippen LogP contribution in [0.15, 0.2) is 15.6 Å². The molecule has 2 heterocycles. The summed E-state index contributed by atoms with van der Waals surface area (Å²) in [4.78, 5) is 4.45. The van der Waals surface area contributed by atoms with Gasteiger partial charge in [0.1, 0.15) is 11.5 Å². The highest BCUT2D eigenvalue weighted by molar-refractivity contribution is 8.14. The number of nitrogens with one attached hydrogen (secondary N) is 1. The molecule has 4 nitrogen and oxygen atoms in total. The second-order valence-corrected chi connectivity index (χ2v) is 5.31. The lowest BCUT2D eigenvalue weighted by atomic mass is 10.1. The van der Waals surface area contributed by atoms with Gasteiger partial charge in [0, 0.05) is 17.4 Å². The van der Waals surface area contributed by atoms with E-state index >= 15 is 0 Å². The Kier molecular flexibility index (Phi) is 2.73. The molecular weight excluding hydrogens is 210 g/mol. The summed E-state index contributed by atoms with van der Waals surface area (Å²) in [5.41, 5.74) is 1.04. The number of rotatable bonds is 2. The summed E-state index contributed by atoms with van der Waals surface area (Å²) < 4.78 is 4.97. The van der Waals surface area contributed by atoms with E-state index in [1.54, 1.807) is 11.8 Å². The van der Waals surface area contributed by atoms with Crippen molar-refractivity contribution in [1.82, 2.24) is 10.5 Å². The third-order valence-corrected chi connectivity index (χ3v) is 3.45. The van der Waals surface area contributed by atoms with Gasteiger partial charge in [-0.2, -0.15) is 0 Å². The average molecular weight is 225 g/mol. The summed E-state index contributed by atoms with van der Waals surface area (Å²) >= 11 is 1.76. The van der Waals surface area contributed by atoms with Crippen molar-refractivity contribution in [3.63, 3.8) is 0 Å². The quantitative estimate of drug-likeness (QED) is 0.836. The number of nitrogens with zero attached hydrogens (tertiary/aromatic N) is 2. The molecule has 0 amide bonds. The highest BCUT2D eigenvalue weighted by atomic mass is 32.2. The first-order valence-corrected chi connectivity index (χ1v) is 5.91. The summed E-state index contributed by atoms with van der Waals surface area (Å²) in [7, 11) is 0. The Bertz CT molecular complexity index is 384. The summed E-state index contributed by atoms with van der Waals surface area (Å²) in [6.45, 7) is 6.81. The molecule has 1 aromatic rings. The van der Waals surface area contributed by atoms with Gasteiger partial charge in [0.05, 0.1) is 6.54 Å². The van der Waals surface area contributed by atoms with E-state index in [4.69, 9.17) is 4.52 Å². The fraction of sp³-hybridized carbons (Fsp3) is 0.600. The Labute approximate surface area is 93.5 Å². The maximum absolute atomic E-state index is 4.97. The molecule has 0 spiro atoms. The van der Waals surface area contributed by atoms with Crippen LogP contribution in [0.2, 0.25) is 0 Å². The van der Waals surface area contributed by atoms with E-state index < -0.39 is 0 Å². The zero-order chi connectivity index (χ0) is 10.9. The normalized spacial score (nSPS) is 21.9. The monoisotopic (exact) mass is 225 g/mol. The largest absolute Gasteiger partial charge is 0.361 e. The Morgan fingerprint density at radius 2 is 2.47 bits per heavy atom. The van der Waals surface area contributed by atoms with E-state index in [9.17, 15) is 0 Å². The number of hydrogen-bond donors (Lipinski definition) is 1.